The molecule has 0 radical (unpaired) electrons. The number of aromatic nitrogens is 2. The topological polar surface area (TPSA) is 83.9 Å². The minimum atomic E-state index is -5.10. The zero-order valence-electron chi connectivity index (χ0n) is 22.6. The van der Waals surface area contributed by atoms with Crippen LogP contribution in [0.15, 0.2) is 35.3 Å². The number of nitrogens with one attached hydrogen (secondary N) is 1. The molecule has 226 valence electrons. The number of alkyl halides is 3. The molecule has 1 N–H and O–H groups in total. The highest BCUT2D eigenvalue weighted by Gasteiger charge is 2.52. The van der Waals surface area contributed by atoms with Crippen LogP contribution in [0.5, 0.6) is 0 Å². The summed E-state index contributed by atoms with van der Waals surface area (Å²) in [6.07, 6.45) is -1.60. The van der Waals surface area contributed by atoms with Crippen molar-refractivity contribution in [2.45, 2.75) is 51.2 Å². The lowest BCUT2D eigenvalue weighted by Crippen LogP contribution is -2.63. The van der Waals surface area contributed by atoms with Crippen LogP contribution >= 0.6 is 23.2 Å². The van der Waals surface area contributed by atoms with Crippen LogP contribution in [0, 0.1) is 11.7 Å². The van der Waals surface area contributed by atoms with E-state index in [0.29, 0.717) is 42.9 Å². The molecule has 0 spiro atoms. The lowest BCUT2D eigenvalue weighted by molar-refractivity contribution is -1.11. The van der Waals surface area contributed by atoms with Gasteiger partial charge in [-0.3, -0.25) is 18.8 Å². The van der Waals surface area contributed by atoms with Gasteiger partial charge < -0.3 is 9.88 Å². The van der Waals surface area contributed by atoms with Crippen molar-refractivity contribution in [3.05, 3.63) is 73.6 Å². The Bertz CT molecular complexity index is 1570. The van der Waals surface area contributed by atoms with E-state index >= 15 is 0 Å². The summed E-state index contributed by atoms with van der Waals surface area (Å²) >= 11 is 12.4. The largest absolute Gasteiger partial charge is 0.497 e. The number of hydroxylamine groups is 3. The number of piperidine rings is 2. The molecule has 5 rings (SSSR count). The van der Waals surface area contributed by atoms with E-state index in [1.807, 2.05) is 6.92 Å². The molecular formula is C28H29Cl2F4N4O4+. The molecule has 0 atom stereocenters. The summed E-state index contributed by atoms with van der Waals surface area (Å²) in [6.45, 7) is 2.89. The van der Waals surface area contributed by atoms with Crippen molar-refractivity contribution < 1.29 is 36.6 Å². The quantitative estimate of drug-likeness (QED) is 0.296. The number of quaternary nitrogens is 1. The molecular weight excluding hydrogens is 603 g/mol. The van der Waals surface area contributed by atoms with Crippen LogP contribution < -0.4 is 5.56 Å². The number of hydrogen-bond acceptors (Lipinski definition) is 4. The zero-order chi connectivity index (χ0) is 30.4. The summed E-state index contributed by atoms with van der Waals surface area (Å²) in [6, 6.07) is 5.17. The van der Waals surface area contributed by atoms with E-state index in [1.54, 1.807) is 0 Å². The SMILES string of the molecule is CC1CC[N+](OC(=O)C(F)(F)F)(C2CCN(C(=O)c3cc(Cc4c[nH]c(=O)c5cc(Cl)c(Cl)n45)ccc3F)CC2)CC1. The Balaban J connectivity index is 1.32. The molecule has 2 fully saturated rings. The van der Waals surface area contributed by atoms with Crippen LogP contribution in [0.25, 0.3) is 5.52 Å². The van der Waals surface area contributed by atoms with Gasteiger partial charge in [-0.2, -0.15) is 13.2 Å². The summed E-state index contributed by atoms with van der Waals surface area (Å²) in [5.74, 6) is -3.17. The third-order valence-electron chi connectivity index (χ3n) is 8.35. The molecule has 2 aliphatic rings. The predicted octanol–water partition coefficient (Wildman–Crippen LogP) is 5.54. The fourth-order valence-corrected chi connectivity index (χ4v) is 6.41. The molecule has 14 heteroatoms. The van der Waals surface area contributed by atoms with Gasteiger partial charge >= 0.3 is 12.1 Å². The average Bonchev–Trinajstić information content (AvgIpc) is 3.26. The van der Waals surface area contributed by atoms with Gasteiger partial charge in [-0.1, -0.05) is 36.2 Å². The predicted molar refractivity (Wildman–Crippen MR) is 147 cm³/mol. The summed E-state index contributed by atoms with van der Waals surface area (Å²) in [7, 11) is 0. The third kappa shape index (κ3) is 5.89. The number of aromatic amines is 1. The first kappa shape index (κ1) is 30.4. The van der Waals surface area contributed by atoms with Gasteiger partial charge in [0.2, 0.25) is 0 Å². The molecule has 0 unspecified atom stereocenters. The number of rotatable bonds is 5. The molecule has 0 saturated carbocycles. The van der Waals surface area contributed by atoms with Crippen molar-refractivity contribution in [2.24, 2.45) is 5.92 Å². The van der Waals surface area contributed by atoms with Crippen LogP contribution in [0.3, 0.4) is 0 Å². The molecule has 1 amide bonds. The third-order valence-corrected chi connectivity index (χ3v) is 9.11. The lowest BCUT2D eigenvalue weighted by atomic mass is 9.93. The van der Waals surface area contributed by atoms with E-state index < -0.39 is 34.6 Å². The Morgan fingerprint density at radius 2 is 1.76 bits per heavy atom. The second-order valence-electron chi connectivity index (χ2n) is 11.1. The van der Waals surface area contributed by atoms with E-state index in [2.05, 4.69) is 4.98 Å². The Hall–Kier alpha value is -3.09. The Labute approximate surface area is 248 Å². The van der Waals surface area contributed by atoms with Gasteiger partial charge in [0.25, 0.3) is 11.5 Å². The fourth-order valence-electron chi connectivity index (χ4n) is 5.97. The maximum absolute atomic E-state index is 14.9. The number of likely N-dealkylation sites (tertiary alicyclic amines) is 2. The van der Waals surface area contributed by atoms with Gasteiger partial charge in [-0.05, 0) is 29.7 Å². The van der Waals surface area contributed by atoms with Gasteiger partial charge in [-0.25, -0.2) is 9.18 Å². The Morgan fingerprint density at radius 1 is 1.10 bits per heavy atom. The van der Waals surface area contributed by atoms with Crippen LogP contribution in [0.4, 0.5) is 17.6 Å². The highest BCUT2D eigenvalue weighted by atomic mass is 35.5. The maximum atomic E-state index is 14.9. The lowest BCUT2D eigenvalue weighted by Gasteiger charge is -2.46. The van der Waals surface area contributed by atoms with E-state index in [1.165, 1.54) is 39.8 Å². The van der Waals surface area contributed by atoms with Crippen LogP contribution in [-0.2, 0) is 16.1 Å². The number of benzene rings is 1. The zero-order valence-corrected chi connectivity index (χ0v) is 24.2. The summed E-state index contributed by atoms with van der Waals surface area (Å²) in [5.41, 5.74) is 0.846. The second kappa shape index (κ2) is 11.5. The summed E-state index contributed by atoms with van der Waals surface area (Å²) < 4.78 is 55.3. The minimum Gasteiger partial charge on any atom is -0.338 e. The molecule has 2 aliphatic heterocycles. The molecule has 0 bridgehead atoms. The summed E-state index contributed by atoms with van der Waals surface area (Å²) in [5, 5.41) is 0.350. The molecule has 42 heavy (non-hydrogen) atoms. The van der Waals surface area contributed by atoms with Gasteiger partial charge in [0.05, 0.1) is 10.6 Å². The first-order valence-electron chi connectivity index (χ1n) is 13.6. The van der Waals surface area contributed by atoms with E-state index in [4.69, 9.17) is 28.0 Å². The minimum absolute atomic E-state index is 0.151. The number of hydrogen-bond donors (Lipinski definition) is 1. The normalized spacial score (nSPS) is 22.0. The molecule has 1 aromatic carbocycles. The molecule has 3 aromatic rings. The van der Waals surface area contributed by atoms with E-state index in [0.717, 1.165) is 0 Å². The molecule has 2 saturated heterocycles. The monoisotopic (exact) mass is 631 g/mol. The highest BCUT2D eigenvalue weighted by Crippen LogP contribution is 2.34. The number of nitrogens with zero attached hydrogens (tertiary/aromatic N) is 3. The molecule has 0 aliphatic carbocycles. The Kier molecular flexibility index (Phi) is 8.34. The fraction of sp³-hybridized carbons (Fsp3) is 0.464. The number of halogens is 6. The van der Waals surface area contributed by atoms with E-state index in [9.17, 15) is 31.9 Å². The first-order valence-corrected chi connectivity index (χ1v) is 14.4. The standard InChI is InChI=1S/C28H28Cl2F4N4O4/c1-16-6-10-38(11-7-16,42-27(41)28(32,33)34)19-4-8-36(9-5-19)26(40)20-13-17(2-3-22(20)31)12-18-15-35-25(39)23-14-21(29)24(30)37(18)23/h2-3,13-16,19H,4-12H2,1H3/p+1. The number of H-pyrrole nitrogens is 1. The van der Waals surface area contributed by atoms with Crippen LogP contribution in [-0.4, -0.2) is 69.2 Å². The molecule has 4 heterocycles. The smallest absolute Gasteiger partial charge is 0.338 e. The van der Waals surface area contributed by atoms with Crippen molar-refractivity contribution in [3.63, 3.8) is 0 Å². The number of carbonyl (C=O) groups excluding carboxylic acids is 2. The van der Waals surface area contributed by atoms with Gasteiger partial charge in [-0.15, -0.1) is 4.65 Å². The van der Waals surface area contributed by atoms with Crippen molar-refractivity contribution in [2.75, 3.05) is 26.2 Å². The summed E-state index contributed by atoms with van der Waals surface area (Å²) in [4.78, 5) is 46.6. The first-order chi connectivity index (χ1) is 19.8. The number of fused-ring (bicyclic) bond motifs is 1. The van der Waals surface area contributed by atoms with Gasteiger partial charge in [0.1, 0.15) is 35.6 Å². The second-order valence-corrected chi connectivity index (χ2v) is 11.9. The molecule has 2 aromatic heterocycles. The highest BCUT2D eigenvalue weighted by molar-refractivity contribution is 6.42. The van der Waals surface area contributed by atoms with Gasteiger partial charge in [0, 0.05) is 57.1 Å². The van der Waals surface area contributed by atoms with Crippen LogP contribution in [0.1, 0.15) is 54.2 Å². The van der Waals surface area contributed by atoms with E-state index in [-0.39, 0.29) is 59.4 Å². The average molecular weight is 632 g/mol. The number of amides is 1. The molecule has 8 nitrogen and oxygen atoms in total. The number of carbonyl (C=O) groups is 2. The van der Waals surface area contributed by atoms with Crippen molar-refractivity contribution >= 4 is 40.6 Å². The van der Waals surface area contributed by atoms with Crippen LogP contribution in [0.2, 0.25) is 10.2 Å². The Morgan fingerprint density at radius 3 is 2.40 bits per heavy atom. The van der Waals surface area contributed by atoms with Gasteiger partial charge in [0.15, 0.2) is 0 Å². The maximum Gasteiger partial charge on any atom is 0.497 e. The van der Waals surface area contributed by atoms with Crippen molar-refractivity contribution in [1.29, 1.82) is 0 Å². The van der Waals surface area contributed by atoms with Crippen molar-refractivity contribution in [3.8, 4) is 0 Å². The van der Waals surface area contributed by atoms with Crippen molar-refractivity contribution in [1.82, 2.24) is 14.3 Å².